The summed E-state index contributed by atoms with van der Waals surface area (Å²) in [7, 11) is -1.98. The summed E-state index contributed by atoms with van der Waals surface area (Å²) in [5.74, 6) is 0.954. The summed E-state index contributed by atoms with van der Waals surface area (Å²) in [5, 5.41) is 0. The maximum absolute atomic E-state index is 13.1. The lowest BCUT2D eigenvalue weighted by atomic mass is 10.1. The average molecular weight is 408 g/mol. The molecule has 6 nitrogen and oxygen atoms in total. The Balaban J connectivity index is 1.62. The number of rotatable bonds is 7. The molecule has 0 amide bonds. The molecule has 0 spiro atoms. The summed E-state index contributed by atoms with van der Waals surface area (Å²) < 4.78 is 50.8. The van der Waals surface area contributed by atoms with Gasteiger partial charge in [0.15, 0.2) is 11.5 Å². The van der Waals surface area contributed by atoms with Gasteiger partial charge in [-0.1, -0.05) is 6.07 Å². The summed E-state index contributed by atoms with van der Waals surface area (Å²) in [6.07, 6.45) is 0. The highest BCUT2D eigenvalue weighted by molar-refractivity contribution is 7.89. The van der Waals surface area contributed by atoms with E-state index in [1.54, 1.807) is 7.11 Å². The Morgan fingerprint density at radius 1 is 1.00 bits per heavy atom. The summed E-state index contributed by atoms with van der Waals surface area (Å²) in [6.45, 7) is 5.23. The fourth-order valence-electron chi connectivity index (χ4n) is 3.23. The van der Waals surface area contributed by atoms with Crippen LogP contribution in [0, 0.1) is 5.82 Å². The third kappa shape index (κ3) is 4.63. The first-order valence-corrected chi connectivity index (χ1v) is 10.7. The van der Waals surface area contributed by atoms with Crippen LogP contribution >= 0.6 is 0 Å². The molecule has 3 rings (SSSR count). The number of benzene rings is 2. The fraction of sp³-hybridized carbons (Fsp3) is 0.400. The van der Waals surface area contributed by atoms with Gasteiger partial charge >= 0.3 is 0 Å². The molecule has 1 saturated heterocycles. The van der Waals surface area contributed by atoms with Crippen LogP contribution < -0.4 is 9.47 Å². The number of halogens is 1. The molecule has 0 atom stereocenters. The van der Waals surface area contributed by atoms with E-state index in [4.69, 9.17) is 9.47 Å². The smallest absolute Gasteiger partial charge is 0.243 e. The second kappa shape index (κ2) is 8.89. The van der Waals surface area contributed by atoms with Crippen molar-refractivity contribution >= 4 is 10.0 Å². The zero-order chi connectivity index (χ0) is 20.1. The van der Waals surface area contributed by atoms with Gasteiger partial charge in [0.2, 0.25) is 10.0 Å². The van der Waals surface area contributed by atoms with E-state index in [0.29, 0.717) is 50.8 Å². The molecular formula is C20H25FN2O4S. The molecule has 8 heteroatoms. The lowest BCUT2D eigenvalue weighted by Gasteiger charge is -2.34. The third-order valence-electron chi connectivity index (χ3n) is 4.72. The van der Waals surface area contributed by atoms with Gasteiger partial charge in [-0.3, -0.25) is 4.90 Å². The van der Waals surface area contributed by atoms with Crippen molar-refractivity contribution in [3.05, 3.63) is 53.8 Å². The number of piperazine rings is 1. The first-order chi connectivity index (χ1) is 13.4. The molecule has 2 aromatic rings. The van der Waals surface area contributed by atoms with Gasteiger partial charge in [0.1, 0.15) is 5.82 Å². The van der Waals surface area contributed by atoms with Crippen molar-refractivity contribution in [3.63, 3.8) is 0 Å². The van der Waals surface area contributed by atoms with Gasteiger partial charge in [0, 0.05) is 32.7 Å². The summed E-state index contributed by atoms with van der Waals surface area (Å²) in [5.41, 5.74) is 1.08. The topological polar surface area (TPSA) is 59.1 Å². The largest absolute Gasteiger partial charge is 0.493 e. The lowest BCUT2D eigenvalue weighted by Crippen LogP contribution is -2.48. The molecule has 0 radical (unpaired) electrons. The number of sulfonamides is 1. The summed E-state index contributed by atoms with van der Waals surface area (Å²) in [6, 6.07) is 10.8. The minimum atomic E-state index is -3.59. The molecule has 1 heterocycles. The number of ether oxygens (including phenoxy) is 2. The van der Waals surface area contributed by atoms with E-state index in [1.165, 1.54) is 28.6 Å². The van der Waals surface area contributed by atoms with Crippen molar-refractivity contribution in [2.75, 3.05) is 39.9 Å². The Morgan fingerprint density at radius 3 is 2.29 bits per heavy atom. The lowest BCUT2D eigenvalue weighted by molar-refractivity contribution is 0.181. The van der Waals surface area contributed by atoms with E-state index >= 15 is 0 Å². The summed E-state index contributed by atoms with van der Waals surface area (Å²) >= 11 is 0. The molecule has 1 fully saturated rings. The molecule has 0 N–H and O–H groups in total. The Labute approximate surface area is 165 Å². The number of methoxy groups -OCH3 is 1. The highest BCUT2D eigenvalue weighted by Gasteiger charge is 2.28. The monoisotopic (exact) mass is 408 g/mol. The predicted molar refractivity (Wildman–Crippen MR) is 105 cm³/mol. The van der Waals surface area contributed by atoms with Crippen LogP contribution in [0.2, 0.25) is 0 Å². The average Bonchev–Trinajstić information content (AvgIpc) is 2.70. The number of nitrogens with zero attached hydrogens (tertiary/aromatic N) is 2. The van der Waals surface area contributed by atoms with E-state index in [9.17, 15) is 12.8 Å². The van der Waals surface area contributed by atoms with E-state index in [2.05, 4.69) is 4.90 Å². The van der Waals surface area contributed by atoms with Crippen LogP contribution in [0.4, 0.5) is 4.39 Å². The van der Waals surface area contributed by atoms with Crippen LogP contribution in [0.25, 0.3) is 0 Å². The van der Waals surface area contributed by atoms with Crippen LogP contribution in [0.15, 0.2) is 47.4 Å². The van der Waals surface area contributed by atoms with E-state index in [0.717, 1.165) is 5.56 Å². The third-order valence-corrected chi connectivity index (χ3v) is 6.63. The van der Waals surface area contributed by atoms with Crippen LogP contribution in [0.5, 0.6) is 11.5 Å². The Kier molecular flexibility index (Phi) is 6.53. The fourth-order valence-corrected chi connectivity index (χ4v) is 4.65. The molecule has 0 saturated carbocycles. The van der Waals surface area contributed by atoms with Crippen molar-refractivity contribution < 1.29 is 22.3 Å². The van der Waals surface area contributed by atoms with Crippen LogP contribution in [-0.4, -0.2) is 57.5 Å². The standard InChI is InChI=1S/C20H25FN2O4S/c1-3-27-19-9-4-16(14-20(19)26-2)15-22-10-12-23(13-11-22)28(24,25)18-7-5-17(21)6-8-18/h4-9,14H,3,10-13,15H2,1-2H3. The van der Waals surface area contributed by atoms with Crippen LogP contribution in [0.3, 0.4) is 0 Å². The molecular weight excluding hydrogens is 383 g/mol. The molecule has 28 heavy (non-hydrogen) atoms. The van der Waals surface area contributed by atoms with Crippen molar-refractivity contribution in [2.24, 2.45) is 0 Å². The normalized spacial score (nSPS) is 16.1. The van der Waals surface area contributed by atoms with Gasteiger partial charge in [0.25, 0.3) is 0 Å². The van der Waals surface area contributed by atoms with Gasteiger partial charge in [-0.25, -0.2) is 12.8 Å². The van der Waals surface area contributed by atoms with Crippen molar-refractivity contribution in [3.8, 4) is 11.5 Å². The summed E-state index contributed by atoms with van der Waals surface area (Å²) in [4.78, 5) is 2.32. The molecule has 2 aromatic carbocycles. The first-order valence-electron chi connectivity index (χ1n) is 9.22. The molecule has 0 bridgehead atoms. The van der Waals surface area contributed by atoms with Crippen LogP contribution in [0.1, 0.15) is 12.5 Å². The predicted octanol–water partition coefficient (Wildman–Crippen LogP) is 2.74. The maximum atomic E-state index is 13.1. The highest BCUT2D eigenvalue weighted by Crippen LogP contribution is 2.29. The van der Waals surface area contributed by atoms with Crippen molar-refractivity contribution in [2.45, 2.75) is 18.4 Å². The van der Waals surface area contributed by atoms with Gasteiger partial charge < -0.3 is 9.47 Å². The van der Waals surface area contributed by atoms with Gasteiger partial charge in [-0.05, 0) is 48.9 Å². The Hall–Kier alpha value is -2.16. The molecule has 0 unspecified atom stereocenters. The van der Waals surface area contributed by atoms with Crippen molar-refractivity contribution in [1.29, 1.82) is 0 Å². The molecule has 152 valence electrons. The zero-order valence-corrected chi connectivity index (χ0v) is 16.9. The zero-order valence-electron chi connectivity index (χ0n) is 16.1. The second-order valence-electron chi connectivity index (χ2n) is 6.55. The van der Waals surface area contributed by atoms with Crippen molar-refractivity contribution in [1.82, 2.24) is 9.21 Å². The Morgan fingerprint density at radius 2 is 1.68 bits per heavy atom. The highest BCUT2D eigenvalue weighted by atomic mass is 32.2. The van der Waals surface area contributed by atoms with Crippen LogP contribution in [-0.2, 0) is 16.6 Å². The number of hydrogen-bond donors (Lipinski definition) is 0. The minimum absolute atomic E-state index is 0.124. The SMILES string of the molecule is CCOc1ccc(CN2CCN(S(=O)(=O)c3ccc(F)cc3)CC2)cc1OC. The molecule has 0 aromatic heterocycles. The minimum Gasteiger partial charge on any atom is -0.493 e. The maximum Gasteiger partial charge on any atom is 0.243 e. The number of hydrogen-bond acceptors (Lipinski definition) is 5. The molecule has 1 aliphatic rings. The van der Waals surface area contributed by atoms with E-state index < -0.39 is 15.8 Å². The molecule has 1 aliphatic heterocycles. The first kappa shape index (κ1) is 20.6. The van der Waals surface area contributed by atoms with Gasteiger partial charge in [-0.2, -0.15) is 4.31 Å². The second-order valence-corrected chi connectivity index (χ2v) is 8.49. The van der Waals surface area contributed by atoms with E-state index in [-0.39, 0.29) is 4.90 Å². The molecule has 0 aliphatic carbocycles. The van der Waals surface area contributed by atoms with Gasteiger partial charge in [0.05, 0.1) is 18.6 Å². The quantitative estimate of drug-likeness (QED) is 0.705. The van der Waals surface area contributed by atoms with E-state index in [1.807, 2.05) is 25.1 Å². The van der Waals surface area contributed by atoms with Gasteiger partial charge in [-0.15, -0.1) is 0 Å². The Bertz CT molecular complexity index is 895.